The van der Waals surface area contributed by atoms with Crippen LogP contribution in [0.15, 0.2) is 41.9 Å². The lowest BCUT2D eigenvalue weighted by Crippen LogP contribution is -2.05. The smallest absolute Gasteiger partial charge is 0.241 e. The quantitative estimate of drug-likeness (QED) is 0.753. The molecule has 0 saturated heterocycles. The van der Waals surface area contributed by atoms with Crippen LogP contribution in [0.1, 0.15) is 5.69 Å². The number of hydrogen-bond acceptors (Lipinski definition) is 4. The second-order valence-electron chi connectivity index (χ2n) is 4.37. The molecule has 3 rings (SSSR count). The van der Waals surface area contributed by atoms with Gasteiger partial charge in [0, 0.05) is 23.2 Å². The van der Waals surface area contributed by atoms with Crippen LogP contribution in [0.4, 0.5) is 0 Å². The Balaban J connectivity index is 2.13. The number of nitrogens with two attached hydrogens (primary N) is 1. The van der Waals surface area contributed by atoms with Gasteiger partial charge in [0.25, 0.3) is 0 Å². The van der Waals surface area contributed by atoms with E-state index >= 15 is 0 Å². The number of carbonyl (C=O) groups is 1. The lowest BCUT2D eigenvalue weighted by Gasteiger charge is -2.02. The Morgan fingerprint density at radius 1 is 1.38 bits per heavy atom. The van der Waals surface area contributed by atoms with E-state index in [2.05, 4.69) is 4.98 Å². The van der Waals surface area contributed by atoms with Crippen LogP contribution in [0.2, 0.25) is 0 Å². The van der Waals surface area contributed by atoms with E-state index in [1.165, 1.54) is 17.4 Å². The van der Waals surface area contributed by atoms with Gasteiger partial charge in [0.2, 0.25) is 5.91 Å². The van der Waals surface area contributed by atoms with Crippen molar-refractivity contribution in [3.05, 3.63) is 47.6 Å². The molecule has 2 N–H and O–H groups in total. The van der Waals surface area contributed by atoms with Gasteiger partial charge >= 0.3 is 0 Å². The molecule has 0 saturated carbocycles. The van der Waals surface area contributed by atoms with Crippen LogP contribution in [-0.4, -0.2) is 22.4 Å². The molecule has 2 aromatic heterocycles. The number of imidazole rings is 1. The maximum Gasteiger partial charge on any atom is 0.241 e. The average Bonchev–Trinajstić information content (AvgIpc) is 3.06. The molecule has 0 spiro atoms. The first-order valence-electron chi connectivity index (χ1n) is 6.26. The standard InChI is InChI=1S/C15H13N3O2S/c1-20-11-4-2-10(3-5-11)14-12(6-7-13(16)19)18-8-9-21-15(18)17-14/h2-9H,1H3,(H2,16,19)/b7-6+. The Hall–Kier alpha value is -2.60. The summed E-state index contributed by atoms with van der Waals surface area (Å²) >= 11 is 1.54. The molecule has 0 radical (unpaired) electrons. The number of fused-ring (bicyclic) bond motifs is 1. The number of nitrogens with zero attached hydrogens (tertiary/aromatic N) is 2. The van der Waals surface area contributed by atoms with Crippen molar-refractivity contribution in [1.82, 2.24) is 9.38 Å². The number of ether oxygens (including phenoxy) is 1. The molecule has 2 heterocycles. The minimum atomic E-state index is -0.485. The van der Waals surface area contributed by atoms with Crippen LogP contribution < -0.4 is 10.5 Å². The molecule has 1 aromatic carbocycles. The fourth-order valence-corrected chi connectivity index (χ4v) is 2.81. The Bertz CT molecular complexity index is 815. The van der Waals surface area contributed by atoms with E-state index in [0.717, 1.165) is 27.7 Å². The Labute approximate surface area is 125 Å². The van der Waals surface area contributed by atoms with Crippen LogP contribution in [-0.2, 0) is 4.79 Å². The van der Waals surface area contributed by atoms with Crippen LogP contribution >= 0.6 is 11.3 Å². The second-order valence-corrected chi connectivity index (χ2v) is 5.24. The summed E-state index contributed by atoms with van der Waals surface area (Å²) in [7, 11) is 1.63. The molecular formula is C15H13N3O2S. The van der Waals surface area contributed by atoms with Gasteiger partial charge in [-0.2, -0.15) is 0 Å². The van der Waals surface area contributed by atoms with Crippen LogP contribution in [0.3, 0.4) is 0 Å². The topological polar surface area (TPSA) is 69.6 Å². The Kier molecular flexibility index (Phi) is 3.45. The van der Waals surface area contributed by atoms with Gasteiger partial charge in [0.05, 0.1) is 18.5 Å². The second kappa shape index (κ2) is 5.41. The summed E-state index contributed by atoms with van der Waals surface area (Å²) in [6.45, 7) is 0. The first-order chi connectivity index (χ1) is 10.2. The van der Waals surface area contributed by atoms with Crippen molar-refractivity contribution < 1.29 is 9.53 Å². The van der Waals surface area contributed by atoms with E-state index < -0.39 is 5.91 Å². The zero-order valence-electron chi connectivity index (χ0n) is 11.3. The number of carbonyl (C=O) groups excluding carboxylic acids is 1. The molecule has 0 aliphatic carbocycles. The van der Waals surface area contributed by atoms with Gasteiger partial charge in [-0.05, 0) is 30.3 Å². The van der Waals surface area contributed by atoms with Crippen molar-refractivity contribution in [1.29, 1.82) is 0 Å². The third-order valence-corrected chi connectivity index (χ3v) is 3.82. The molecule has 0 fully saturated rings. The predicted molar refractivity (Wildman–Crippen MR) is 83.3 cm³/mol. The third-order valence-electron chi connectivity index (χ3n) is 3.07. The van der Waals surface area contributed by atoms with Gasteiger partial charge < -0.3 is 10.5 Å². The third kappa shape index (κ3) is 2.53. The maximum atomic E-state index is 11.0. The number of benzene rings is 1. The maximum absolute atomic E-state index is 11.0. The van der Waals surface area contributed by atoms with E-state index in [0.29, 0.717) is 0 Å². The fourth-order valence-electron chi connectivity index (χ4n) is 2.08. The van der Waals surface area contributed by atoms with Crippen molar-refractivity contribution in [2.75, 3.05) is 7.11 Å². The van der Waals surface area contributed by atoms with Gasteiger partial charge in [-0.25, -0.2) is 4.98 Å². The summed E-state index contributed by atoms with van der Waals surface area (Å²) in [5.41, 5.74) is 7.78. The summed E-state index contributed by atoms with van der Waals surface area (Å²) in [5, 5.41) is 1.95. The summed E-state index contributed by atoms with van der Waals surface area (Å²) in [6, 6.07) is 7.63. The van der Waals surface area contributed by atoms with Crippen molar-refractivity contribution in [2.24, 2.45) is 5.73 Å². The lowest BCUT2D eigenvalue weighted by atomic mass is 10.1. The van der Waals surface area contributed by atoms with Crippen molar-refractivity contribution in [3.63, 3.8) is 0 Å². The Morgan fingerprint density at radius 2 is 2.14 bits per heavy atom. The molecule has 5 nitrogen and oxygen atoms in total. The zero-order valence-corrected chi connectivity index (χ0v) is 12.1. The van der Waals surface area contributed by atoms with Crippen molar-refractivity contribution in [3.8, 4) is 17.0 Å². The van der Waals surface area contributed by atoms with Crippen molar-refractivity contribution >= 4 is 28.3 Å². The van der Waals surface area contributed by atoms with Gasteiger partial charge in [0.1, 0.15) is 5.75 Å². The summed E-state index contributed by atoms with van der Waals surface area (Å²) in [6.07, 6.45) is 4.95. The van der Waals surface area contributed by atoms with Gasteiger partial charge in [-0.1, -0.05) is 0 Å². The molecular weight excluding hydrogens is 286 g/mol. The Morgan fingerprint density at radius 3 is 2.81 bits per heavy atom. The van der Waals surface area contributed by atoms with E-state index in [-0.39, 0.29) is 0 Å². The van der Waals surface area contributed by atoms with Crippen LogP contribution in [0, 0.1) is 0 Å². The predicted octanol–water partition coefficient (Wildman–Crippen LogP) is 2.57. The number of thiazole rings is 1. The minimum absolute atomic E-state index is 0.485. The average molecular weight is 299 g/mol. The number of aromatic nitrogens is 2. The summed E-state index contributed by atoms with van der Waals surface area (Å²) in [4.78, 5) is 16.5. The van der Waals surface area contributed by atoms with E-state index in [9.17, 15) is 4.79 Å². The fraction of sp³-hybridized carbons (Fsp3) is 0.0667. The highest BCUT2D eigenvalue weighted by atomic mass is 32.1. The molecule has 0 bridgehead atoms. The van der Waals surface area contributed by atoms with E-state index in [4.69, 9.17) is 10.5 Å². The number of primary amides is 1. The molecule has 0 atom stereocenters. The van der Waals surface area contributed by atoms with Crippen LogP contribution in [0.5, 0.6) is 5.75 Å². The van der Waals surface area contributed by atoms with Gasteiger partial charge in [-0.3, -0.25) is 9.20 Å². The SMILES string of the molecule is COc1ccc(-c2nc3sccn3c2/C=C/C(N)=O)cc1. The number of amides is 1. The van der Waals surface area contributed by atoms with Gasteiger partial charge in [0.15, 0.2) is 4.96 Å². The van der Waals surface area contributed by atoms with Gasteiger partial charge in [-0.15, -0.1) is 11.3 Å². The molecule has 0 aliphatic heterocycles. The van der Waals surface area contributed by atoms with Crippen molar-refractivity contribution in [2.45, 2.75) is 0 Å². The minimum Gasteiger partial charge on any atom is -0.497 e. The number of methoxy groups -OCH3 is 1. The molecule has 3 aromatic rings. The monoisotopic (exact) mass is 299 g/mol. The summed E-state index contributed by atoms with van der Waals surface area (Å²) < 4.78 is 7.09. The highest BCUT2D eigenvalue weighted by Crippen LogP contribution is 2.28. The number of hydrogen-bond donors (Lipinski definition) is 1. The molecule has 21 heavy (non-hydrogen) atoms. The lowest BCUT2D eigenvalue weighted by molar-refractivity contribution is -0.113. The van der Waals surface area contributed by atoms with Crippen LogP contribution in [0.25, 0.3) is 22.3 Å². The molecule has 106 valence electrons. The molecule has 1 amide bonds. The zero-order chi connectivity index (χ0) is 14.8. The van der Waals surface area contributed by atoms with E-state index in [1.807, 2.05) is 40.2 Å². The highest BCUT2D eigenvalue weighted by molar-refractivity contribution is 7.15. The molecule has 6 heteroatoms. The largest absolute Gasteiger partial charge is 0.497 e. The highest BCUT2D eigenvalue weighted by Gasteiger charge is 2.13. The molecule has 0 unspecified atom stereocenters. The first kappa shape index (κ1) is 13.4. The first-order valence-corrected chi connectivity index (χ1v) is 7.14. The number of rotatable bonds is 4. The van der Waals surface area contributed by atoms with E-state index in [1.54, 1.807) is 13.2 Å². The molecule has 0 aliphatic rings. The summed E-state index contributed by atoms with van der Waals surface area (Å²) in [5.74, 6) is 0.301. The normalized spacial score (nSPS) is 11.3.